The van der Waals surface area contributed by atoms with Crippen LogP contribution >= 0.6 is 11.3 Å². The Balaban J connectivity index is 2.54. The van der Waals surface area contributed by atoms with Crippen LogP contribution in [0.1, 0.15) is 10.4 Å². The molecule has 0 aliphatic carbocycles. The second-order valence-electron chi connectivity index (χ2n) is 3.51. The lowest BCUT2D eigenvalue weighted by Gasteiger charge is -2.05. The fourth-order valence-electron chi connectivity index (χ4n) is 1.48. The highest BCUT2D eigenvalue weighted by Crippen LogP contribution is 2.26. The molecule has 2 rings (SSSR count). The number of hydrogen-bond acceptors (Lipinski definition) is 3. The third kappa shape index (κ3) is 2.24. The van der Waals surface area contributed by atoms with Crippen molar-refractivity contribution in [2.75, 3.05) is 0 Å². The summed E-state index contributed by atoms with van der Waals surface area (Å²) in [7, 11) is 0. The normalized spacial score (nSPS) is 11.8. The van der Waals surface area contributed by atoms with Gasteiger partial charge in [0, 0.05) is 10.4 Å². The lowest BCUT2D eigenvalue weighted by molar-refractivity contribution is 0.508. The van der Waals surface area contributed by atoms with Crippen LogP contribution in [-0.4, -0.2) is 0 Å². The van der Waals surface area contributed by atoms with Gasteiger partial charge >= 0.3 is 0 Å². The molecule has 0 saturated carbocycles. The van der Waals surface area contributed by atoms with Gasteiger partial charge in [0.1, 0.15) is 6.07 Å². The molecular formula is C13H8F2N2S. The SMILES string of the molecule is N#C/C(=C(/N)c1ccc(F)c(F)c1)c1cccs1. The van der Waals surface area contributed by atoms with Crippen LogP contribution in [0.2, 0.25) is 0 Å². The molecule has 0 aliphatic heterocycles. The lowest BCUT2D eigenvalue weighted by atomic mass is 10.1. The predicted molar refractivity (Wildman–Crippen MR) is 67.3 cm³/mol. The van der Waals surface area contributed by atoms with E-state index < -0.39 is 11.6 Å². The van der Waals surface area contributed by atoms with Crippen molar-refractivity contribution < 1.29 is 8.78 Å². The number of nitriles is 1. The fraction of sp³-hybridized carbons (Fsp3) is 0. The first-order chi connectivity index (χ1) is 8.63. The number of benzene rings is 1. The van der Waals surface area contributed by atoms with Crippen LogP contribution in [0.15, 0.2) is 35.7 Å². The Hall–Kier alpha value is -2.19. The molecule has 2 aromatic rings. The molecule has 0 saturated heterocycles. The van der Waals surface area contributed by atoms with Gasteiger partial charge in [-0.3, -0.25) is 0 Å². The topological polar surface area (TPSA) is 49.8 Å². The number of allylic oxidation sites excluding steroid dienone is 1. The number of rotatable bonds is 2. The lowest BCUT2D eigenvalue weighted by Crippen LogP contribution is -2.01. The van der Waals surface area contributed by atoms with E-state index in [-0.39, 0.29) is 11.3 Å². The molecule has 1 heterocycles. The van der Waals surface area contributed by atoms with Crippen LogP contribution in [-0.2, 0) is 0 Å². The van der Waals surface area contributed by atoms with Crippen molar-refractivity contribution in [1.82, 2.24) is 0 Å². The Morgan fingerprint density at radius 1 is 1.22 bits per heavy atom. The Morgan fingerprint density at radius 3 is 2.56 bits per heavy atom. The third-order valence-corrected chi connectivity index (χ3v) is 3.27. The molecule has 0 aliphatic rings. The average Bonchev–Trinajstić information content (AvgIpc) is 2.87. The summed E-state index contributed by atoms with van der Waals surface area (Å²) >= 11 is 1.36. The summed E-state index contributed by atoms with van der Waals surface area (Å²) in [5.41, 5.74) is 6.52. The van der Waals surface area contributed by atoms with E-state index in [0.29, 0.717) is 10.4 Å². The van der Waals surface area contributed by atoms with E-state index in [0.717, 1.165) is 12.1 Å². The zero-order valence-electron chi connectivity index (χ0n) is 9.15. The van der Waals surface area contributed by atoms with Crippen molar-refractivity contribution in [3.05, 3.63) is 57.8 Å². The first-order valence-electron chi connectivity index (χ1n) is 5.02. The standard InChI is InChI=1S/C13H8F2N2S/c14-10-4-3-8(6-11(10)15)13(17)9(7-16)12-2-1-5-18-12/h1-6H,17H2/b13-9-. The second-order valence-corrected chi connectivity index (χ2v) is 4.45. The van der Waals surface area contributed by atoms with Gasteiger partial charge in [-0.15, -0.1) is 11.3 Å². The molecule has 0 spiro atoms. The monoisotopic (exact) mass is 262 g/mol. The summed E-state index contributed by atoms with van der Waals surface area (Å²) in [6.45, 7) is 0. The van der Waals surface area contributed by atoms with E-state index in [1.165, 1.54) is 17.4 Å². The molecule has 2 N–H and O–H groups in total. The molecule has 0 atom stereocenters. The van der Waals surface area contributed by atoms with Crippen molar-refractivity contribution in [2.45, 2.75) is 0 Å². The van der Waals surface area contributed by atoms with E-state index in [1.54, 1.807) is 12.1 Å². The molecular weight excluding hydrogens is 254 g/mol. The van der Waals surface area contributed by atoms with Crippen molar-refractivity contribution in [3.63, 3.8) is 0 Å². The predicted octanol–water partition coefficient (Wildman–Crippen LogP) is 3.38. The zero-order chi connectivity index (χ0) is 13.1. The molecule has 0 amide bonds. The minimum Gasteiger partial charge on any atom is -0.397 e. The molecule has 0 radical (unpaired) electrons. The molecule has 2 nitrogen and oxygen atoms in total. The molecule has 1 aromatic heterocycles. The maximum atomic E-state index is 13.1. The maximum absolute atomic E-state index is 13.1. The number of thiophene rings is 1. The Morgan fingerprint density at radius 2 is 2.00 bits per heavy atom. The van der Waals surface area contributed by atoms with Crippen LogP contribution in [0.5, 0.6) is 0 Å². The van der Waals surface area contributed by atoms with E-state index >= 15 is 0 Å². The number of hydrogen-bond donors (Lipinski definition) is 1. The molecule has 18 heavy (non-hydrogen) atoms. The minimum atomic E-state index is -0.987. The molecule has 90 valence electrons. The Bertz CT molecular complexity index is 640. The molecule has 0 unspecified atom stereocenters. The largest absolute Gasteiger partial charge is 0.397 e. The van der Waals surface area contributed by atoms with E-state index in [9.17, 15) is 8.78 Å². The molecule has 0 fully saturated rings. The third-order valence-electron chi connectivity index (χ3n) is 2.38. The van der Waals surface area contributed by atoms with Gasteiger partial charge in [0.25, 0.3) is 0 Å². The molecule has 5 heteroatoms. The highest BCUT2D eigenvalue weighted by Gasteiger charge is 2.11. The van der Waals surface area contributed by atoms with Gasteiger partial charge in [0.15, 0.2) is 11.6 Å². The van der Waals surface area contributed by atoms with Gasteiger partial charge in [0.05, 0.1) is 11.3 Å². The van der Waals surface area contributed by atoms with Crippen molar-refractivity contribution in [3.8, 4) is 6.07 Å². The summed E-state index contributed by atoms with van der Waals surface area (Å²) in [5.74, 6) is -1.93. The molecule has 1 aromatic carbocycles. The quantitative estimate of drug-likeness (QED) is 0.843. The van der Waals surface area contributed by atoms with Gasteiger partial charge < -0.3 is 5.73 Å². The van der Waals surface area contributed by atoms with Gasteiger partial charge in [0.2, 0.25) is 0 Å². The summed E-state index contributed by atoms with van der Waals surface area (Å²) in [6, 6.07) is 8.83. The van der Waals surface area contributed by atoms with Crippen LogP contribution in [0.4, 0.5) is 8.78 Å². The Labute approximate surface area is 107 Å². The summed E-state index contributed by atoms with van der Waals surface area (Å²) in [5, 5.41) is 10.9. The van der Waals surface area contributed by atoms with E-state index in [1.807, 2.05) is 11.4 Å². The summed E-state index contributed by atoms with van der Waals surface area (Å²) in [4.78, 5) is 0.694. The first kappa shape index (κ1) is 12.3. The highest BCUT2D eigenvalue weighted by atomic mass is 32.1. The molecule has 0 bridgehead atoms. The smallest absolute Gasteiger partial charge is 0.159 e. The summed E-state index contributed by atoms with van der Waals surface area (Å²) < 4.78 is 25.9. The van der Waals surface area contributed by atoms with Crippen LogP contribution < -0.4 is 5.73 Å². The van der Waals surface area contributed by atoms with Crippen LogP contribution in [0.3, 0.4) is 0 Å². The van der Waals surface area contributed by atoms with Crippen molar-refractivity contribution in [1.29, 1.82) is 5.26 Å². The number of nitrogens with two attached hydrogens (primary N) is 1. The van der Waals surface area contributed by atoms with Crippen LogP contribution in [0, 0.1) is 23.0 Å². The summed E-state index contributed by atoms with van der Waals surface area (Å²) in [6.07, 6.45) is 0. The fourth-order valence-corrected chi connectivity index (χ4v) is 2.21. The maximum Gasteiger partial charge on any atom is 0.159 e. The minimum absolute atomic E-state index is 0.138. The average molecular weight is 262 g/mol. The van der Waals surface area contributed by atoms with Gasteiger partial charge in [-0.05, 0) is 29.6 Å². The second kappa shape index (κ2) is 4.98. The van der Waals surface area contributed by atoms with Gasteiger partial charge in [-0.2, -0.15) is 5.26 Å². The first-order valence-corrected chi connectivity index (χ1v) is 5.90. The highest BCUT2D eigenvalue weighted by molar-refractivity contribution is 7.11. The van der Waals surface area contributed by atoms with E-state index in [4.69, 9.17) is 11.0 Å². The zero-order valence-corrected chi connectivity index (χ0v) is 9.97. The van der Waals surface area contributed by atoms with Gasteiger partial charge in [-0.1, -0.05) is 6.07 Å². The van der Waals surface area contributed by atoms with Crippen molar-refractivity contribution in [2.24, 2.45) is 5.73 Å². The number of halogens is 2. The van der Waals surface area contributed by atoms with Gasteiger partial charge in [-0.25, -0.2) is 8.78 Å². The van der Waals surface area contributed by atoms with E-state index in [2.05, 4.69) is 0 Å². The van der Waals surface area contributed by atoms with Crippen LogP contribution in [0.25, 0.3) is 11.3 Å². The van der Waals surface area contributed by atoms with Crippen molar-refractivity contribution >= 4 is 22.6 Å². The number of nitrogens with zero attached hydrogens (tertiary/aromatic N) is 1. The Kier molecular flexibility index (Phi) is 3.40.